The van der Waals surface area contributed by atoms with E-state index in [-0.39, 0.29) is 11.6 Å². The summed E-state index contributed by atoms with van der Waals surface area (Å²) in [5.41, 5.74) is 0.203. The maximum atomic E-state index is 10.9. The van der Waals surface area contributed by atoms with Gasteiger partial charge in [0.2, 0.25) is 0 Å². The molecule has 0 atom stereocenters. The molecule has 0 aromatic carbocycles. The molecule has 1 rings (SSSR count). The molecule has 5 heteroatoms. The number of carboxylic acids is 1. The van der Waals surface area contributed by atoms with Crippen molar-refractivity contribution in [3.05, 3.63) is 23.2 Å². The van der Waals surface area contributed by atoms with Gasteiger partial charge in [0.15, 0.2) is 0 Å². The standard InChI is InChI=1S/C13H18N2O3/c1-9(2)15(6-4-5-14)8-11-7-12(13(16)17)10(3)18-11/h7,9H,4,6,8H2,1-3H3,(H,16,17). The highest BCUT2D eigenvalue weighted by Crippen LogP contribution is 2.17. The Morgan fingerprint density at radius 2 is 2.28 bits per heavy atom. The molecule has 1 heterocycles. The molecule has 5 nitrogen and oxygen atoms in total. The molecule has 0 fully saturated rings. The van der Waals surface area contributed by atoms with Crippen molar-refractivity contribution in [2.45, 2.75) is 39.8 Å². The first-order valence-corrected chi connectivity index (χ1v) is 5.89. The molecule has 98 valence electrons. The monoisotopic (exact) mass is 250 g/mol. The smallest absolute Gasteiger partial charge is 0.339 e. The van der Waals surface area contributed by atoms with Gasteiger partial charge in [-0.2, -0.15) is 5.26 Å². The normalized spacial score (nSPS) is 10.9. The highest BCUT2D eigenvalue weighted by Gasteiger charge is 2.17. The quantitative estimate of drug-likeness (QED) is 0.838. The summed E-state index contributed by atoms with van der Waals surface area (Å²) >= 11 is 0. The van der Waals surface area contributed by atoms with E-state index >= 15 is 0 Å². The van der Waals surface area contributed by atoms with Crippen LogP contribution in [-0.2, 0) is 6.54 Å². The minimum atomic E-state index is -0.976. The van der Waals surface area contributed by atoms with E-state index in [0.29, 0.717) is 31.0 Å². The SMILES string of the molecule is Cc1oc(CN(CCC#N)C(C)C)cc1C(=O)O. The van der Waals surface area contributed by atoms with Crippen molar-refractivity contribution in [3.63, 3.8) is 0 Å². The number of aromatic carboxylic acids is 1. The molecule has 0 aliphatic heterocycles. The van der Waals surface area contributed by atoms with Crippen LogP contribution < -0.4 is 0 Å². The molecule has 0 spiro atoms. The molecular weight excluding hydrogens is 232 g/mol. The number of nitrogens with zero attached hydrogens (tertiary/aromatic N) is 2. The number of hydrogen-bond acceptors (Lipinski definition) is 4. The van der Waals surface area contributed by atoms with E-state index in [9.17, 15) is 4.79 Å². The zero-order valence-electron chi connectivity index (χ0n) is 10.9. The predicted octanol–water partition coefficient (Wildman–Crippen LogP) is 2.41. The molecule has 18 heavy (non-hydrogen) atoms. The van der Waals surface area contributed by atoms with Gasteiger partial charge in [0, 0.05) is 19.0 Å². The van der Waals surface area contributed by atoms with Crippen LogP contribution in [0.15, 0.2) is 10.5 Å². The molecule has 1 aromatic heterocycles. The fourth-order valence-corrected chi connectivity index (χ4v) is 1.75. The van der Waals surface area contributed by atoms with Crippen LogP contribution in [0.4, 0.5) is 0 Å². The number of aryl methyl sites for hydroxylation is 1. The minimum Gasteiger partial charge on any atom is -0.478 e. The lowest BCUT2D eigenvalue weighted by Gasteiger charge is -2.24. The number of hydrogen-bond donors (Lipinski definition) is 1. The first-order valence-electron chi connectivity index (χ1n) is 5.89. The third-order valence-corrected chi connectivity index (χ3v) is 2.80. The lowest BCUT2D eigenvalue weighted by molar-refractivity contribution is 0.0695. The van der Waals surface area contributed by atoms with Crippen LogP contribution in [0.2, 0.25) is 0 Å². The first kappa shape index (κ1) is 14.3. The number of nitriles is 1. The molecule has 0 saturated heterocycles. The van der Waals surface area contributed by atoms with Crippen LogP contribution in [0.3, 0.4) is 0 Å². The number of furan rings is 1. The van der Waals surface area contributed by atoms with Crippen LogP contribution >= 0.6 is 0 Å². The molecule has 0 unspecified atom stereocenters. The average Bonchev–Trinajstić information content (AvgIpc) is 2.65. The second-order valence-electron chi connectivity index (χ2n) is 4.46. The highest BCUT2D eigenvalue weighted by molar-refractivity contribution is 5.88. The van der Waals surface area contributed by atoms with Gasteiger partial charge in [0.1, 0.15) is 17.1 Å². The Morgan fingerprint density at radius 1 is 1.61 bits per heavy atom. The Morgan fingerprint density at radius 3 is 2.72 bits per heavy atom. The molecule has 0 aliphatic rings. The average molecular weight is 250 g/mol. The van der Waals surface area contributed by atoms with Crippen molar-refractivity contribution in [3.8, 4) is 6.07 Å². The summed E-state index contributed by atoms with van der Waals surface area (Å²) in [6.45, 7) is 6.88. The third kappa shape index (κ3) is 3.60. The van der Waals surface area contributed by atoms with E-state index in [1.54, 1.807) is 13.0 Å². The van der Waals surface area contributed by atoms with Crippen LogP contribution in [0.5, 0.6) is 0 Å². The highest BCUT2D eigenvalue weighted by atomic mass is 16.4. The number of rotatable bonds is 6. The predicted molar refractivity (Wildman–Crippen MR) is 66.2 cm³/mol. The summed E-state index contributed by atoms with van der Waals surface area (Å²) in [6.07, 6.45) is 0.448. The van der Waals surface area contributed by atoms with Crippen LogP contribution in [0.25, 0.3) is 0 Å². The van der Waals surface area contributed by atoms with Crippen molar-refractivity contribution in [1.82, 2.24) is 4.90 Å². The fraction of sp³-hybridized carbons (Fsp3) is 0.538. The van der Waals surface area contributed by atoms with Gasteiger partial charge in [-0.05, 0) is 26.8 Å². The maximum absolute atomic E-state index is 10.9. The molecule has 0 aliphatic carbocycles. The van der Waals surface area contributed by atoms with E-state index in [0.717, 1.165) is 0 Å². The Hall–Kier alpha value is -1.80. The second-order valence-corrected chi connectivity index (χ2v) is 4.46. The molecule has 0 saturated carbocycles. The summed E-state index contributed by atoms with van der Waals surface area (Å²) in [4.78, 5) is 13.0. The summed E-state index contributed by atoms with van der Waals surface area (Å²) in [7, 11) is 0. The van der Waals surface area contributed by atoms with Gasteiger partial charge >= 0.3 is 5.97 Å². The number of carbonyl (C=O) groups is 1. The van der Waals surface area contributed by atoms with E-state index < -0.39 is 5.97 Å². The molecule has 1 N–H and O–H groups in total. The lowest BCUT2D eigenvalue weighted by atomic mass is 10.2. The topological polar surface area (TPSA) is 77.5 Å². The Balaban J connectivity index is 2.78. The van der Waals surface area contributed by atoms with E-state index in [1.165, 1.54) is 0 Å². The van der Waals surface area contributed by atoms with E-state index in [2.05, 4.69) is 11.0 Å². The molecule has 0 radical (unpaired) electrons. The van der Waals surface area contributed by atoms with Crippen molar-refractivity contribution < 1.29 is 14.3 Å². The maximum Gasteiger partial charge on any atom is 0.339 e. The van der Waals surface area contributed by atoms with Gasteiger partial charge < -0.3 is 9.52 Å². The van der Waals surface area contributed by atoms with Gasteiger partial charge in [-0.25, -0.2) is 4.79 Å². The Bertz CT molecular complexity index is 457. The first-order chi connectivity index (χ1) is 8.45. The molecule has 1 aromatic rings. The largest absolute Gasteiger partial charge is 0.478 e. The Labute approximate surface area is 107 Å². The van der Waals surface area contributed by atoms with E-state index in [4.69, 9.17) is 14.8 Å². The Kier molecular flexibility index (Phi) is 4.93. The summed E-state index contributed by atoms with van der Waals surface area (Å²) in [5.74, 6) is 0.0636. The zero-order valence-corrected chi connectivity index (χ0v) is 10.9. The van der Waals surface area contributed by atoms with Crippen molar-refractivity contribution in [1.29, 1.82) is 5.26 Å². The summed E-state index contributed by atoms with van der Waals surface area (Å²) < 4.78 is 5.43. The van der Waals surface area contributed by atoms with Crippen LogP contribution in [-0.4, -0.2) is 28.6 Å². The lowest BCUT2D eigenvalue weighted by Crippen LogP contribution is -2.31. The minimum absolute atomic E-state index is 0.203. The van der Waals surface area contributed by atoms with Gasteiger partial charge in [0.25, 0.3) is 0 Å². The van der Waals surface area contributed by atoms with E-state index in [1.807, 2.05) is 13.8 Å². The third-order valence-electron chi connectivity index (χ3n) is 2.80. The van der Waals surface area contributed by atoms with Crippen LogP contribution in [0.1, 0.15) is 42.1 Å². The second kappa shape index (κ2) is 6.22. The van der Waals surface area contributed by atoms with Crippen molar-refractivity contribution in [2.75, 3.05) is 6.54 Å². The summed E-state index contributed by atoms with van der Waals surface area (Å²) in [6, 6.07) is 3.94. The number of carboxylic acid groups (broad SMARTS) is 1. The van der Waals surface area contributed by atoms with Gasteiger partial charge in [-0.1, -0.05) is 0 Å². The van der Waals surface area contributed by atoms with Gasteiger partial charge in [-0.3, -0.25) is 4.90 Å². The van der Waals surface area contributed by atoms with Crippen molar-refractivity contribution >= 4 is 5.97 Å². The van der Waals surface area contributed by atoms with Gasteiger partial charge in [-0.15, -0.1) is 0 Å². The van der Waals surface area contributed by atoms with Gasteiger partial charge in [0.05, 0.1) is 12.6 Å². The molecular formula is C13H18N2O3. The molecule has 0 amide bonds. The van der Waals surface area contributed by atoms with Crippen molar-refractivity contribution in [2.24, 2.45) is 0 Å². The fourth-order valence-electron chi connectivity index (χ4n) is 1.75. The summed E-state index contributed by atoms with van der Waals surface area (Å²) in [5, 5.41) is 17.6. The van der Waals surface area contributed by atoms with Crippen LogP contribution in [0, 0.1) is 18.3 Å². The molecule has 0 bridgehead atoms. The zero-order chi connectivity index (χ0) is 13.7.